The van der Waals surface area contributed by atoms with E-state index < -0.39 is 5.24 Å². The zero-order valence-corrected chi connectivity index (χ0v) is 20.2. The van der Waals surface area contributed by atoms with Crippen LogP contribution in [-0.2, 0) is 19.3 Å². The molecule has 0 unspecified atom stereocenters. The van der Waals surface area contributed by atoms with Crippen molar-refractivity contribution in [2.75, 3.05) is 27.9 Å². The number of hydroxylamine groups is 2. The Morgan fingerprint density at radius 1 is 1.10 bits per heavy atom. The molecule has 0 aliphatic carbocycles. The predicted octanol–water partition coefficient (Wildman–Crippen LogP) is -1.73. The monoisotopic (exact) mass is 451 g/mol. The van der Waals surface area contributed by atoms with E-state index in [-0.39, 0.29) is 41.9 Å². The van der Waals surface area contributed by atoms with Crippen LogP contribution < -0.4 is 34.8 Å². The molecule has 0 spiro atoms. The molecule has 0 aliphatic rings. The summed E-state index contributed by atoms with van der Waals surface area (Å²) in [6.45, 7) is 2.60. The summed E-state index contributed by atoms with van der Waals surface area (Å²) < 4.78 is 4.54. The summed E-state index contributed by atoms with van der Waals surface area (Å²) in [4.78, 5) is 45.2. The molecule has 0 saturated carbocycles. The summed E-state index contributed by atoms with van der Waals surface area (Å²) >= 11 is 5.10. The van der Waals surface area contributed by atoms with E-state index >= 15 is 0 Å². The summed E-state index contributed by atoms with van der Waals surface area (Å²) in [5.74, 6) is -0.252. The molecule has 0 bridgehead atoms. The van der Waals surface area contributed by atoms with E-state index in [1.807, 2.05) is 6.92 Å². The number of nitrogens with zero attached hydrogens (tertiary/aromatic N) is 3. The van der Waals surface area contributed by atoms with E-state index in [1.54, 1.807) is 49.7 Å². The minimum atomic E-state index is -0.518. The maximum atomic E-state index is 11.3. The second-order valence-electron chi connectivity index (χ2n) is 4.46. The Morgan fingerprint density at radius 2 is 1.53 bits per heavy atom. The molecule has 0 atom stereocenters. The maximum absolute atomic E-state index is 11.3. The van der Waals surface area contributed by atoms with Gasteiger partial charge in [-0.05, 0) is 42.8 Å². The topological polar surface area (TPSA) is 131 Å². The van der Waals surface area contributed by atoms with Gasteiger partial charge in [-0.3, -0.25) is 29.2 Å². The number of hydrogen-bond donors (Lipinski definition) is 0. The molecule has 0 aliphatic heterocycles. The first-order chi connectivity index (χ1) is 13.9. The van der Waals surface area contributed by atoms with E-state index in [0.717, 1.165) is 11.7 Å². The smallest absolute Gasteiger partial charge is 0.662 e. The van der Waals surface area contributed by atoms with Crippen molar-refractivity contribution in [1.29, 1.82) is 0 Å². The number of ether oxygens (including phenoxy) is 1. The van der Waals surface area contributed by atoms with Gasteiger partial charge in [-0.1, -0.05) is 12.1 Å². The standard InChI is InChI=1S/C8H10N2O2.C6H4ClNO.C3H8O.CH2O3.Na/c1-10(12-2)8(11)7-5-3-4-6-9-7;7-6(9)5-3-1-2-4-8-5;1-3-4-2;2-1-4-3;/h3-6H,1-2H3;1-4H;3H2,1-2H3;1,3H;/q;;;;+1/p-1. The Kier molecular flexibility index (Phi) is 25.5. The fourth-order valence-electron chi connectivity index (χ4n) is 1.21. The van der Waals surface area contributed by atoms with Gasteiger partial charge in [0, 0.05) is 33.2 Å². The molecule has 0 N–H and O–H groups in total. The molecule has 30 heavy (non-hydrogen) atoms. The Balaban J connectivity index is -0.000000358. The maximum Gasteiger partial charge on any atom is 1.00 e. The SMILES string of the molecule is CCOC.CON(C)C(=O)c1ccccn1.O=C(Cl)c1ccccn1.O=CO[O-].[Na+]. The van der Waals surface area contributed by atoms with E-state index in [9.17, 15) is 9.59 Å². The Bertz CT molecular complexity index is 680. The van der Waals surface area contributed by atoms with Crippen LogP contribution in [0.5, 0.6) is 0 Å². The van der Waals surface area contributed by atoms with Crippen LogP contribution in [-0.4, -0.2) is 60.5 Å². The van der Waals surface area contributed by atoms with Crippen LogP contribution in [0.1, 0.15) is 27.9 Å². The minimum absolute atomic E-state index is 0. The quantitative estimate of drug-likeness (QED) is 0.171. The van der Waals surface area contributed by atoms with Crippen LogP contribution in [0.3, 0.4) is 0 Å². The molecule has 2 heterocycles. The third-order valence-electron chi connectivity index (χ3n) is 2.64. The van der Waals surface area contributed by atoms with Gasteiger partial charge in [0.25, 0.3) is 17.6 Å². The molecule has 0 saturated heterocycles. The molecular weight excluding hydrogens is 429 g/mol. The predicted molar refractivity (Wildman–Crippen MR) is 102 cm³/mol. The third kappa shape index (κ3) is 18.1. The van der Waals surface area contributed by atoms with E-state index in [0.29, 0.717) is 11.4 Å². The Morgan fingerprint density at radius 3 is 1.77 bits per heavy atom. The summed E-state index contributed by atoms with van der Waals surface area (Å²) in [6, 6.07) is 10.1. The minimum Gasteiger partial charge on any atom is -0.662 e. The van der Waals surface area contributed by atoms with Gasteiger partial charge in [0.15, 0.2) is 0 Å². The van der Waals surface area contributed by atoms with Crippen molar-refractivity contribution < 1.29 is 63.7 Å². The zero-order valence-electron chi connectivity index (χ0n) is 17.5. The van der Waals surface area contributed by atoms with Gasteiger partial charge in [-0.2, -0.15) is 0 Å². The number of rotatable bonds is 5. The number of pyridine rings is 2. The first kappa shape index (κ1) is 32.7. The Hall–Kier alpha value is -1.92. The Labute approximate surface area is 202 Å². The molecule has 160 valence electrons. The molecule has 12 heteroatoms. The summed E-state index contributed by atoms with van der Waals surface area (Å²) in [6.07, 6.45) is 3.09. The van der Waals surface area contributed by atoms with Gasteiger partial charge >= 0.3 is 29.6 Å². The van der Waals surface area contributed by atoms with Gasteiger partial charge in [0.1, 0.15) is 11.4 Å². The zero-order chi connectivity index (χ0) is 22.5. The molecule has 0 fully saturated rings. The van der Waals surface area contributed by atoms with Crippen molar-refractivity contribution >= 4 is 29.2 Å². The number of methoxy groups -OCH3 is 1. The molecule has 0 radical (unpaired) electrons. The van der Waals surface area contributed by atoms with Crippen LogP contribution in [0, 0.1) is 0 Å². The summed E-state index contributed by atoms with van der Waals surface area (Å²) in [5, 5.41) is 9.04. The first-order valence-corrected chi connectivity index (χ1v) is 8.32. The van der Waals surface area contributed by atoms with Crippen molar-refractivity contribution in [1.82, 2.24) is 15.0 Å². The van der Waals surface area contributed by atoms with Crippen molar-refractivity contribution in [2.24, 2.45) is 0 Å². The normalized spacial score (nSPS) is 8.20. The fraction of sp³-hybridized carbons (Fsp3) is 0.278. The second kappa shape index (κ2) is 23.4. The van der Waals surface area contributed by atoms with Gasteiger partial charge in [-0.25, -0.2) is 5.06 Å². The molecule has 2 aromatic rings. The third-order valence-corrected chi connectivity index (χ3v) is 2.83. The van der Waals surface area contributed by atoms with Gasteiger partial charge in [0.05, 0.1) is 7.11 Å². The number of hydrogen-bond acceptors (Lipinski definition) is 9. The average Bonchev–Trinajstić information content (AvgIpc) is 2.79. The van der Waals surface area contributed by atoms with Crippen LogP contribution in [0.2, 0.25) is 0 Å². The molecule has 0 aromatic carbocycles. The fourth-order valence-corrected chi connectivity index (χ4v) is 1.32. The van der Waals surface area contributed by atoms with E-state index in [4.69, 9.17) is 26.5 Å². The van der Waals surface area contributed by atoms with Crippen molar-refractivity contribution in [3.8, 4) is 0 Å². The summed E-state index contributed by atoms with van der Waals surface area (Å²) in [5.41, 5.74) is 0.668. The van der Waals surface area contributed by atoms with Crippen LogP contribution >= 0.6 is 11.6 Å². The van der Waals surface area contributed by atoms with Crippen molar-refractivity contribution in [2.45, 2.75) is 6.92 Å². The van der Waals surface area contributed by atoms with Gasteiger partial charge in [-0.15, -0.1) is 0 Å². The van der Waals surface area contributed by atoms with Crippen LogP contribution in [0.25, 0.3) is 0 Å². The van der Waals surface area contributed by atoms with Crippen LogP contribution in [0.4, 0.5) is 0 Å². The van der Waals surface area contributed by atoms with Gasteiger partial charge < -0.3 is 14.9 Å². The number of halogens is 1. The van der Waals surface area contributed by atoms with E-state index in [1.165, 1.54) is 20.4 Å². The second-order valence-corrected chi connectivity index (χ2v) is 4.80. The number of carbonyl (C=O) groups is 3. The molecule has 1 amide bonds. The molecule has 2 aromatic heterocycles. The van der Waals surface area contributed by atoms with Crippen LogP contribution in [0.15, 0.2) is 48.8 Å². The molecule has 10 nitrogen and oxygen atoms in total. The van der Waals surface area contributed by atoms with Crippen molar-refractivity contribution in [3.63, 3.8) is 0 Å². The largest absolute Gasteiger partial charge is 1.00 e. The average molecular weight is 452 g/mol. The van der Waals surface area contributed by atoms with Crippen molar-refractivity contribution in [3.05, 3.63) is 60.2 Å². The van der Waals surface area contributed by atoms with Gasteiger partial charge in [0.2, 0.25) is 0 Å². The van der Waals surface area contributed by atoms with E-state index in [2.05, 4.69) is 19.6 Å². The number of amides is 1. The molecular formula is C18H23ClN3NaO7. The summed E-state index contributed by atoms with van der Waals surface area (Å²) in [7, 11) is 4.65. The first-order valence-electron chi connectivity index (χ1n) is 7.94. The number of aromatic nitrogens is 2. The number of carbonyl (C=O) groups excluding carboxylic acids is 3. The molecule has 2 rings (SSSR count).